The molecule has 0 saturated heterocycles. The van der Waals surface area contributed by atoms with Crippen LogP contribution in [0.2, 0.25) is 0 Å². The van der Waals surface area contributed by atoms with Crippen LogP contribution in [-0.4, -0.2) is 18.4 Å². The summed E-state index contributed by atoms with van der Waals surface area (Å²) < 4.78 is 0. The first-order valence-corrected chi connectivity index (χ1v) is 6.33. The van der Waals surface area contributed by atoms with E-state index in [0.29, 0.717) is 5.92 Å². The second kappa shape index (κ2) is 4.67. The van der Waals surface area contributed by atoms with E-state index in [9.17, 15) is 0 Å². The van der Waals surface area contributed by atoms with Crippen LogP contribution in [0.3, 0.4) is 0 Å². The molecule has 96 valence electrons. The predicted molar refractivity (Wildman–Crippen MR) is 76.5 cm³/mol. The van der Waals surface area contributed by atoms with E-state index in [-0.39, 0.29) is 5.54 Å². The highest BCUT2D eigenvalue weighted by atomic mass is 15.0. The number of nitrogens with one attached hydrogen (secondary N) is 1. The molecule has 2 nitrogen and oxygen atoms in total. The van der Waals surface area contributed by atoms with Gasteiger partial charge < -0.3 is 5.32 Å². The average Bonchev–Trinajstić information content (AvgIpc) is 2.42. The van der Waals surface area contributed by atoms with Crippen LogP contribution in [0.5, 0.6) is 0 Å². The van der Waals surface area contributed by atoms with Gasteiger partial charge in [-0.1, -0.05) is 18.1 Å². The zero-order valence-corrected chi connectivity index (χ0v) is 12.5. The summed E-state index contributed by atoms with van der Waals surface area (Å²) in [4.78, 5) is 4.20. The van der Waals surface area contributed by atoms with Crippen molar-refractivity contribution in [1.29, 1.82) is 0 Å². The Kier molecular flexibility index (Phi) is 3.85. The highest BCUT2D eigenvalue weighted by Crippen LogP contribution is 2.41. The summed E-state index contributed by atoms with van der Waals surface area (Å²) in [5, 5.41) is 3.51. The van der Waals surface area contributed by atoms with Gasteiger partial charge in [-0.2, -0.15) is 0 Å². The maximum absolute atomic E-state index is 4.20. The minimum Gasteiger partial charge on any atom is -0.365 e. The number of hydrogen-bond acceptors (Lipinski definition) is 1. The van der Waals surface area contributed by atoms with E-state index in [1.807, 2.05) is 14.0 Å². The van der Waals surface area contributed by atoms with Crippen molar-refractivity contribution in [3.05, 3.63) is 22.3 Å². The lowest BCUT2D eigenvalue weighted by Gasteiger charge is -2.31. The third kappa shape index (κ3) is 2.46. The highest BCUT2D eigenvalue weighted by molar-refractivity contribution is 5.81. The van der Waals surface area contributed by atoms with Crippen molar-refractivity contribution in [1.82, 2.24) is 5.32 Å². The van der Waals surface area contributed by atoms with E-state index < -0.39 is 0 Å². The molecule has 1 aliphatic rings. The maximum Gasteiger partial charge on any atom is 0.0934 e. The van der Waals surface area contributed by atoms with Gasteiger partial charge in [0.05, 0.1) is 11.4 Å². The predicted octanol–water partition coefficient (Wildman–Crippen LogP) is 3.71. The Morgan fingerprint density at radius 2 is 1.71 bits per heavy atom. The number of hydrogen-bond donors (Lipinski definition) is 1. The van der Waals surface area contributed by atoms with Gasteiger partial charge in [0.2, 0.25) is 0 Å². The van der Waals surface area contributed by atoms with Gasteiger partial charge >= 0.3 is 0 Å². The minimum absolute atomic E-state index is 0.0518. The van der Waals surface area contributed by atoms with Crippen LogP contribution in [0.1, 0.15) is 48.5 Å². The first-order valence-electron chi connectivity index (χ1n) is 6.33. The molecule has 0 heterocycles. The summed E-state index contributed by atoms with van der Waals surface area (Å²) in [7, 11) is 1.82. The Bertz CT molecular complexity index is 409. The Morgan fingerprint density at radius 3 is 2.06 bits per heavy atom. The molecular formula is C15H26N2. The third-order valence-electron chi connectivity index (χ3n) is 4.11. The molecule has 0 aromatic heterocycles. The Morgan fingerprint density at radius 1 is 1.18 bits per heavy atom. The molecule has 1 rings (SSSR count). The van der Waals surface area contributed by atoms with Gasteiger partial charge in [-0.25, -0.2) is 0 Å². The molecule has 0 aromatic carbocycles. The number of allylic oxidation sites excluding steroid dienone is 2. The normalized spacial score (nSPS) is 22.6. The zero-order chi connectivity index (χ0) is 13.4. The Hall–Kier alpha value is -1.05. The molecule has 1 N–H and O–H groups in total. The van der Waals surface area contributed by atoms with Crippen molar-refractivity contribution >= 4 is 5.84 Å². The lowest BCUT2D eigenvalue weighted by atomic mass is 9.87. The zero-order valence-electron chi connectivity index (χ0n) is 12.5. The highest BCUT2D eigenvalue weighted by Gasteiger charge is 2.33. The Labute approximate surface area is 106 Å². The van der Waals surface area contributed by atoms with Crippen LogP contribution in [0.15, 0.2) is 27.3 Å². The quantitative estimate of drug-likeness (QED) is 0.571. The first-order chi connectivity index (χ1) is 7.72. The molecule has 1 unspecified atom stereocenters. The third-order valence-corrected chi connectivity index (χ3v) is 4.11. The smallest absolute Gasteiger partial charge is 0.0934 e. The molecule has 1 atom stereocenters. The largest absolute Gasteiger partial charge is 0.365 e. The SMILES string of the molecule is CN=C(C)NC(C)(C)C1=C(C)C(C)C(C)=C1C. The lowest BCUT2D eigenvalue weighted by Crippen LogP contribution is -2.44. The standard InChI is InChI=1S/C15H26N2/c1-9-10(2)12(4)14(11(9)3)15(6,7)17-13(5)16-8/h9H,1-8H3,(H,16,17). The second-order valence-electron chi connectivity index (χ2n) is 5.65. The van der Waals surface area contributed by atoms with Crippen LogP contribution < -0.4 is 5.32 Å². The van der Waals surface area contributed by atoms with E-state index >= 15 is 0 Å². The monoisotopic (exact) mass is 234 g/mol. The summed E-state index contributed by atoms with van der Waals surface area (Å²) in [5.74, 6) is 1.56. The molecule has 0 bridgehead atoms. The van der Waals surface area contributed by atoms with Gasteiger partial charge in [0.1, 0.15) is 0 Å². The van der Waals surface area contributed by atoms with Crippen molar-refractivity contribution in [3.63, 3.8) is 0 Å². The second-order valence-corrected chi connectivity index (χ2v) is 5.65. The van der Waals surface area contributed by atoms with E-state index in [1.54, 1.807) is 0 Å². The molecule has 0 aliphatic heterocycles. The van der Waals surface area contributed by atoms with Crippen molar-refractivity contribution in [2.24, 2.45) is 10.9 Å². The summed E-state index contributed by atoms with van der Waals surface area (Å²) in [6, 6.07) is 0. The van der Waals surface area contributed by atoms with Crippen molar-refractivity contribution in [2.45, 2.75) is 54.0 Å². The fourth-order valence-electron chi connectivity index (χ4n) is 2.89. The molecule has 1 aliphatic carbocycles. The molecule has 2 heteroatoms. The Balaban J connectivity index is 3.16. The van der Waals surface area contributed by atoms with Gasteiger partial charge in [-0.3, -0.25) is 4.99 Å². The van der Waals surface area contributed by atoms with Crippen LogP contribution in [0.25, 0.3) is 0 Å². The molecular weight excluding hydrogens is 208 g/mol. The van der Waals surface area contributed by atoms with Gasteiger partial charge in [-0.05, 0) is 58.6 Å². The van der Waals surface area contributed by atoms with Gasteiger partial charge in [-0.15, -0.1) is 0 Å². The van der Waals surface area contributed by atoms with Crippen molar-refractivity contribution in [2.75, 3.05) is 7.05 Å². The van der Waals surface area contributed by atoms with Gasteiger partial charge in [0, 0.05) is 7.05 Å². The number of rotatable bonds is 2. The van der Waals surface area contributed by atoms with E-state index in [0.717, 1.165) is 5.84 Å². The number of amidine groups is 1. The van der Waals surface area contributed by atoms with Crippen LogP contribution in [0, 0.1) is 5.92 Å². The van der Waals surface area contributed by atoms with Gasteiger partial charge in [0.15, 0.2) is 0 Å². The van der Waals surface area contributed by atoms with Crippen LogP contribution in [0.4, 0.5) is 0 Å². The first kappa shape index (κ1) is 14.0. The molecule has 0 amide bonds. The maximum atomic E-state index is 4.20. The molecule has 0 aromatic rings. The summed E-state index contributed by atoms with van der Waals surface area (Å²) in [5.41, 5.74) is 5.82. The topological polar surface area (TPSA) is 24.4 Å². The molecule has 17 heavy (non-hydrogen) atoms. The summed E-state index contributed by atoms with van der Waals surface area (Å²) in [6.07, 6.45) is 0. The average molecular weight is 234 g/mol. The minimum atomic E-state index is -0.0518. The van der Waals surface area contributed by atoms with Crippen LogP contribution in [-0.2, 0) is 0 Å². The van der Waals surface area contributed by atoms with Crippen molar-refractivity contribution < 1.29 is 0 Å². The summed E-state index contributed by atoms with van der Waals surface area (Å²) in [6.45, 7) is 15.5. The number of aliphatic imine (C=N–C) groups is 1. The molecule has 0 fully saturated rings. The molecule has 0 spiro atoms. The fraction of sp³-hybridized carbons (Fsp3) is 0.667. The number of nitrogens with zero attached hydrogens (tertiary/aromatic N) is 1. The summed E-state index contributed by atoms with van der Waals surface area (Å²) >= 11 is 0. The fourth-order valence-corrected chi connectivity index (χ4v) is 2.89. The molecule has 0 saturated carbocycles. The molecule has 0 radical (unpaired) electrons. The van der Waals surface area contributed by atoms with E-state index in [4.69, 9.17) is 0 Å². The van der Waals surface area contributed by atoms with Gasteiger partial charge in [0.25, 0.3) is 0 Å². The van der Waals surface area contributed by atoms with Crippen LogP contribution >= 0.6 is 0 Å². The van der Waals surface area contributed by atoms with E-state index in [2.05, 4.69) is 51.9 Å². The lowest BCUT2D eigenvalue weighted by molar-refractivity contribution is 0.540. The van der Waals surface area contributed by atoms with Crippen molar-refractivity contribution in [3.8, 4) is 0 Å². The van der Waals surface area contributed by atoms with E-state index in [1.165, 1.54) is 22.3 Å².